The fraction of sp³-hybridized carbons (Fsp3) is 0.750. The monoisotopic (exact) mass is 278 g/mol. The van der Waals surface area contributed by atoms with Crippen molar-refractivity contribution in [1.82, 2.24) is 10.2 Å². The number of hydrogen-bond acceptors (Lipinski definition) is 3. The Morgan fingerprint density at radius 2 is 2.42 bits per heavy atom. The summed E-state index contributed by atoms with van der Waals surface area (Å²) in [7, 11) is 0. The third-order valence-corrected chi connectivity index (χ3v) is 5.81. The summed E-state index contributed by atoms with van der Waals surface area (Å²) in [5.74, 6) is 0. The molecule has 0 amide bonds. The van der Waals surface area contributed by atoms with Crippen molar-refractivity contribution in [2.75, 3.05) is 26.2 Å². The molecule has 0 aromatic carbocycles. The van der Waals surface area contributed by atoms with E-state index in [0.29, 0.717) is 5.41 Å². The maximum Gasteiger partial charge on any atom is 0.0245 e. The Morgan fingerprint density at radius 3 is 3.21 bits per heavy atom. The molecule has 1 aromatic rings. The Labute approximate surface area is 121 Å². The van der Waals surface area contributed by atoms with Crippen LogP contribution >= 0.6 is 11.3 Å². The number of thiophene rings is 1. The van der Waals surface area contributed by atoms with Crippen LogP contribution in [0.5, 0.6) is 0 Å². The van der Waals surface area contributed by atoms with Crippen molar-refractivity contribution in [2.24, 2.45) is 5.41 Å². The average Bonchev–Trinajstić information content (AvgIpc) is 2.87. The van der Waals surface area contributed by atoms with Crippen LogP contribution in [0, 0.1) is 5.41 Å². The molecule has 1 N–H and O–H groups in total. The SMILES string of the molecule is CCCC1(CN2CCc3sccc3C2)CCCNC1. The Balaban J connectivity index is 1.66. The van der Waals surface area contributed by atoms with Crippen LogP contribution < -0.4 is 5.32 Å². The predicted molar refractivity (Wildman–Crippen MR) is 82.7 cm³/mol. The second-order valence-corrected chi connectivity index (χ2v) is 7.36. The zero-order valence-corrected chi connectivity index (χ0v) is 12.9. The quantitative estimate of drug-likeness (QED) is 0.909. The summed E-state index contributed by atoms with van der Waals surface area (Å²) in [5, 5.41) is 5.90. The van der Waals surface area contributed by atoms with Crippen molar-refractivity contribution < 1.29 is 0 Å². The number of nitrogens with zero attached hydrogens (tertiary/aromatic N) is 1. The first-order valence-corrected chi connectivity index (χ1v) is 8.68. The highest BCUT2D eigenvalue weighted by Gasteiger charge is 2.33. The number of fused-ring (bicyclic) bond motifs is 1. The lowest BCUT2D eigenvalue weighted by Gasteiger charge is -2.42. The van der Waals surface area contributed by atoms with Crippen LogP contribution in [-0.2, 0) is 13.0 Å². The molecule has 1 unspecified atom stereocenters. The van der Waals surface area contributed by atoms with Crippen molar-refractivity contribution in [3.63, 3.8) is 0 Å². The van der Waals surface area contributed by atoms with Crippen molar-refractivity contribution in [3.05, 3.63) is 21.9 Å². The maximum atomic E-state index is 3.64. The van der Waals surface area contributed by atoms with Gasteiger partial charge in [0.25, 0.3) is 0 Å². The topological polar surface area (TPSA) is 15.3 Å². The summed E-state index contributed by atoms with van der Waals surface area (Å²) < 4.78 is 0. The molecule has 0 saturated carbocycles. The van der Waals surface area contributed by atoms with E-state index in [1.807, 2.05) is 11.3 Å². The van der Waals surface area contributed by atoms with E-state index in [4.69, 9.17) is 0 Å². The van der Waals surface area contributed by atoms with E-state index >= 15 is 0 Å². The third-order valence-electron chi connectivity index (χ3n) is 4.79. The standard InChI is InChI=1S/C16H26N2S/c1-2-6-16(7-3-8-17-12-16)13-18-9-4-15-14(11-18)5-10-19-15/h5,10,17H,2-4,6-9,11-13H2,1H3. The molecule has 106 valence electrons. The van der Waals surface area contributed by atoms with E-state index in [1.54, 1.807) is 10.4 Å². The van der Waals surface area contributed by atoms with Crippen LogP contribution in [0.3, 0.4) is 0 Å². The van der Waals surface area contributed by atoms with Gasteiger partial charge in [-0.1, -0.05) is 13.3 Å². The second-order valence-electron chi connectivity index (χ2n) is 6.36. The van der Waals surface area contributed by atoms with Gasteiger partial charge in [-0.25, -0.2) is 0 Å². The Bertz CT molecular complexity index is 401. The van der Waals surface area contributed by atoms with Gasteiger partial charge in [-0.3, -0.25) is 4.90 Å². The molecule has 19 heavy (non-hydrogen) atoms. The Morgan fingerprint density at radius 1 is 1.47 bits per heavy atom. The lowest BCUT2D eigenvalue weighted by atomic mass is 9.76. The number of hydrogen-bond donors (Lipinski definition) is 1. The number of piperidine rings is 1. The van der Waals surface area contributed by atoms with Gasteiger partial charge in [0, 0.05) is 31.1 Å². The average molecular weight is 278 g/mol. The van der Waals surface area contributed by atoms with Crippen molar-refractivity contribution in [3.8, 4) is 0 Å². The molecule has 2 aliphatic rings. The zero-order valence-electron chi connectivity index (χ0n) is 12.1. The van der Waals surface area contributed by atoms with Gasteiger partial charge >= 0.3 is 0 Å². The molecule has 2 nitrogen and oxygen atoms in total. The van der Waals surface area contributed by atoms with Gasteiger partial charge in [-0.15, -0.1) is 11.3 Å². The van der Waals surface area contributed by atoms with Gasteiger partial charge in [0.2, 0.25) is 0 Å². The summed E-state index contributed by atoms with van der Waals surface area (Å²) in [6.07, 6.45) is 6.74. The summed E-state index contributed by atoms with van der Waals surface area (Å²) in [6.45, 7) is 8.53. The van der Waals surface area contributed by atoms with Gasteiger partial charge in [-0.05, 0) is 54.7 Å². The largest absolute Gasteiger partial charge is 0.316 e. The lowest BCUT2D eigenvalue weighted by Crippen LogP contribution is -2.48. The van der Waals surface area contributed by atoms with Crippen molar-refractivity contribution in [2.45, 2.75) is 45.6 Å². The van der Waals surface area contributed by atoms with Crippen LogP contribution in [-0.4, -0.2) is 31.1 Å². The molecule has 0 spiro atoms. The minimum absolute atomic E-state index is 0.542. The van der Waals surface area contributed by atoms with Crippen molar-refractivity contribution >= 4 is 11.3 Å². The van der Waals surface area contributed by atoms with E-state index in [0.717, 1.165) is 0 Å². The van der Waals surface area contributed by atoms with Gasteiger partial charge in [-0.2, -0.15) is 0 Å². The number of rotatable bonds is 4. The van der Waals surface area contributed by atoms with Gasteiger partial charge in [0.15, 0.2) is 0 Å². The first-order chi connectivity index (χ1) is 9.31. The molecule has 2 aliphatic heterocycles. The molecular formula is C16H26N2S. The molecule has 1 atom stereocenters. The zero-order chi connectivity index (χ0) is 13.1. The Kier molecular flexibility index (Phi) is 4.25. The molecular weight excluding hydrogens is 252 g/mol. The lowest BCUT2D eigenvalue weighted by molar-refractivity contribution is 0.0982. The van der Waals surface area contributed by atoms with E-state index < -0.39 is 0 Å². The van der Waals surface area contributed by atoms with Gasteiger partial charge in [0.1, 0.15) is 0 Å². The molecule has 0 aliphatic carbocycles. The summed E-state index contributed by atoms with van der Waals surface area (Å²) in [6, 6.07) is 2.33. The van der Waals surface area contributed by atoms with Crippen LogP contribution in [0.2, 0.25) is 0 Å². The summed E-state index contributed by atoms with van der Waals surface area (Å²) >= 11 is 1.94. The minimum Gasteiger partial charge on any atom is -0.316 e. The van der Waals surface area contributed by atoms with Crippen LogP contribution in [0.4, 0.5) is 0 Å². The summed E-state index contributed by atoms with van der Waals surface area (Å²) in [4.78, 5) is 4.33. The fourth-order valence-electron chi connectivity index (χ4n) is 3.90. The van der Waals surface area contributed by atoms with Gasteiger partial charge in [0.05, 0.1) is 0 Å². The van der Waals surface area contributed by atoms with Crippen molar-refractivity contribution in [1.29, 1.82) is 0 Å². The minimum atomic E-state index is 0.542. The maximum absolute atomic E-state index is 3.64. The molecule has 3 rings (SSSR count). The Hall–Kier alpha value is -0.380. The van der Waals surface area contributed by atoms with Crippen LogP contribution in [0.25, 0.3) is 0 Å². The second kappa shape index (κ2) is 5.94. The van der Waals surface area contributed by atoms with E-state index in [1.165, 1.54) is 64.8 Å². The molecule has 1 saturated heterocycles. The van der Waals surface area contributed by atoms with E-state index in [9.17, 15) is 0 Å². The highest BCUT2D eigenvalue weighted by molar-refractivity contribution is 7.10. The smallest absolute Gasteiger partial charge is 0.0245 e. The first kappa shape index (κ1) is 13.6. The molecule has 1 fully saturated rings. The molecule has 0 bridgehead atoms. The number of nitrogens with one attached hydrogen (secondary N) is 1. The first-order valence-electron chi connectivity index (χ1n) is 7.80. The third kappa shape index (κ3) is 3.04. The molecule has 1 aromatic heterocycles. The van der Waals surface area contributed by atoms with E-state index in [2.05, 4.69) is 28.6 Å². The highest BCUT2D eigenvalue weighted by Crippen LogP contribution is 2.34. The summed E-state index contributed by atoms with van der Waals surface area (Å²) in [5.41, 5.74) is 2.13. The van der Waals surface area contributed by atoms with Gasteiger partial charge < -0.3 is 5.32 Å². The fourth-order valence-corrected chi connectivity index (χ4v) is 4.79. The molecule has 0 radical (unpaired) electrons. The highest BCUT2D eigenvalue weighted by atomic mass is 32.1. The predicted octanol–water partition coefficient (Wildman–Crippen LogP) is 3.28. The normalized spacial score (nSPS) is 28.3. The van der Waals surface area contributed by atoms with E-state index in [-0.39, 0.29) is 0 Å². The van der Waals surface area contributed by atoms with Crippen LogP contribution in [0.15, 0.2) is 11.4 Å². The van der Waals surface area contributed by atoms with Crippen LogP contribution in [0.1, 0.15) is 43.0 Å². The molecule has 3 heterocycles. The molecule has 3 heteroatoms.